The Morgan fingerprint density at radius 1 is 2.00 bits per heavy atom. The van der Waals surface area contributed by atoms with Gasteiger partial charge in [-0.2, -0.15) is 0 Å². The standard InChI is InChI=1S/C5H9NO2/c1-5(4(7)8)2-3(5)6/h3H,2,6H2,1H3,(H,7,8). The van der Waals surface area contributed by atoms with Gasteiger partial charge in [0.15, 0.2) is 0 Å². The van der Waals surface area contributed by atoms with Crippen LogP contribution in [0.1, 0.15) is 13.3 Å². The van der Waals surface area contributed by atoms with Crippen molar-refractivity contribution >= 4 is 5.97 Å². The van der Waals surface area contributed by atoms with Crippen molar-refractivity contribution in [3.05, 3.63) is 0 Å². The van der Waals surface area contributed by atoms with Gasteiger partial charge in [-0.25, -0.2) is 0 Å². The Bertz CT molecular complexity index is 134. The average Bonchev–Trinajstić information content (AvgIpc) is 2.17. The van der Waals surface area contributed by atoms with Crippen molar-refractivity contribution in [2.75, 3.05) is 0 Å². The second kappa shape index (κ2) is 1.23. The first-order chi connectivity index (χ1) is 3.57. The van der Waals surface area contributed by atoms with E-state index >= 15 is 0 Å². The Morgan fingerprint density at radius 2 is 2.38 bits per heavy atom. The van der Waals surface area contributed by atoms with Crippen molar-refractivity contribution in [1.29, 1.82) is 0 Å². The van der Waals surface area contributed by atoms with Crippen molar-refractivity contribution in [2.45, 2.75) is 19.4 Å². The molecule has 0 aliphatic heterocycles. The maximum atomic E-state index is 10.2. The van der Waals surface area contributed by atoms with Crippen LogP contribution >= 0.6 is 0 Å². The van der Waals surface area contributed by atoms with Crippen LogP contribution < -0.4 is 5.73 Å². The van der Waals surface area contributed by atoms with Crippen LogP contribution in [-0.4, -0.2) is 17.1 Å². The maximum Gasteiger partial charge on any atom is 0.310 e. The summed E-state index contributed by atoms with van der Waals surface area (Å²) in [7, 11) is 0. The lowest BCUT2D eigenvalue weighted by Crippen LogP contribution is -2.19. The van der Waals surface area contributed by atoms with Crippen LogP contribution in [0.5, 0.6) is 0 Å². The van der Waals surface area contributed by atoms with E-state index < -0.39 is 11.4 Å². The molecular weight excluding hydrogens is 106 g/mol. The van der Waals surface area contributed by atoms with Gasteiger partial charge in [0.25, 0.3) is 0 Å². The molecule has 0 saturated heterocycles. The van der Waals surface area contributed by atoms with Crippen molar-refractivity contribution < 1.29 is 9.90 Å². The van der Waals surface area contributed by atoms with Gasteiger partial charge in [-0.15, -0.1) is 0 Å². The van der Waals surface area contributed by atoms with E-state index in [1.807, 2.05) is 0 Å². The zero-order chi connectivity index (χ0) is 6.36. The molecule has 3 nitrogen and oxygen atoms in total. The van der Waals surface area contributed by atoms with E-state index in [1.165, 1.54) is 0 Å². The average molecular weight is 115 g/mol. The third kappa shape index (κ3) is 0.512. The maximum absolute atomic E-state index is 10.2. The Labute approximate surface area is 47.5 Å². The zero-order valence-electron chi connectivity index (χ0n) is 4.72. The van der Waals surface area contributed by atoms with Crippen molar-refractivity contribution in [2.24, 2.45) is 11.1 Å². The summed E-state index contributed by atoms with van der Waals surface area (Å²) in [6.45, 7) is 1.67. The number of carboxylic acid groups (broad SMARTS) is 1. The van der Waals surface area contributed by atoms with Crippen LogP contribution in [0.3, 0.4) is 0 Å². The van der Waals surface area contributed by atoms with E-state index in [-0.39, 0.29) is 6.04 Å². The van der Waals surface area contributed by atoms with Gasteiger partial charge in [-0.1, -0.05) is 0 Å². The molecule has 3 heteroatoms. The summed E-state index contributed by atoms with van der Waals surface area (Å²) in [5.74, 6) is -0.773. The predicted octanol–water partition coefficient (Wildman–Crippen LogP) is -0.192. The summed E-state index contributed by atoms with van der Waals surface area (Å²) < 4.78 is 0. The molecule has 0 spiro atoms. The summed E-state index contributed by atoms with van der Waals surface area (Å²) in [5, 5.41) is 8.40. The second-order valence-corrected chi connectivity index (χ2v) is 2.53. The van der Waals surface area contributed by atoms with Crippen LogP contribution in [0.2, 0.25) is 0 Å². The van der Waals surface area contributed by atoms with E-state index in [2.05, 4.69) is 0 Å². The van der Waals surface area contributed by atoms with Gasteiger partial charge in [0.1, 0.15) is 0 Å². The molecule has 2 unspecified atom stereocenters. The van der Waals surface area contributed by atoms with Crippen LogP contribution in [-0.2, 0) is 4.79 Å². The number of carbonyl (C=O) groups is 1. The van der Waals surface area contributed by atoms with Crippen molar-refractivity contribution in [3.8, 4) is 0 Å². The molecule has 0 bridgehead atoms. The normalized spacial score (nSPS) is 44.0. The first-order valence-electron chi connectivity index (χ1n) is 2.56. The van der Waals surface area contributed by atoms with Gasteiger partial charge in [0, 0.05) is 6.04 Å². The highest BCUT2D eigenvalue weighted by Crippen LogP contribution is 2.43. The summed E-state index contributed by atoms with van der Waals surface area (Å²) in [6.07, 6.45) is 0.627. The molecular formula is C5H9NO2. The number of hydrogen-bond acceptors (Lipinski definition) is 2. The first kappa shape index (κ1) is 5.56. The SMILES string of the molecule is CC1(C(=O)O)CC1N. The van der Waals surface area contributed by atoms with E-state index in [4.69, 9.17) is 10.8 Å². The Balaban J connectivity index is 2.60. The molecule has 1 rings (SSSR count). The largest absolute Gasteiger partial charge is 0.481 e. The molecule has 1 fully saturated rings. The summed E-state index contributed by atoms with van der Waals surface area (Å²) >= 11 is 0. The number of nitrogens with two attached hydrogens (primary N) is 1. The van der Waals surface area contributed by atoms with Gasteiger partial charge < -0.3 is 10.8 Å². The fourth-order valence-corrected chi connectivity index (χ4v) is 0.644. The fraction of sp³-hybridized carbons (Fsp3) is 0.800. The molecule has 1 aliphatic rings. The molecule has 0 radical (unpaired) electrons. The monoisotopic (exact) mass is 115 g/mol. The molecule has 1 aliphatic carbocycles. The van der Waals surface area contributed by atoms with Crippen molar-refractivity contribution in [1.82, 2.24) is 0 Å². The summed E-state index contributed by atoms with van der Waals surface area (Å²) in [5.41, 5.74) is 4.72. The molecule has 1 saturated carbocycles. The third-order valence-corrected chi connectivity index (χ3v) is 1.79. The predicted molar refractivity (Wildman–Crippen MR) is 28.3 cm³/mol. The smallest absolute Gasteiger partial charge is 0.310 e. The van der Waals surface area contributed by atoms with Crippen LogP contribution in [0.25, 0.3) is 0 Å². The quantitative estimate of drug-likeness (QED) is 0.497. The number of hydrogen-bond donors (Lipinski definition) is 2. The molecule has 46 valence electrons. The highest BCUT2D eigenvalue weighted by molar-refractivity contribution is 5.78. The minimum Gasteiger partial charge on any atom is -0.481 e. The second-order valence-electron chi connectivity index (χ2n) is 2.53. The number of carboxylic acids is 1. The molecule has 0 amide bonds. The van der Waals surface area contributed by atoms with Gasteiger partial charge >= 0.3 is 5.97 Å². The van der Waals surface area contributed by atoms with Crippen molar-refractivity contribution in [3.63, 3.8) is 0 Å². The highest BCUT2D eigenvalue weighted by atomic mass is 16.4. The van der Waals surface area contributed by atoms with Crippen LogP contribution in [0, 0.1) is 5.41 Å². The Hall–Kier alpha value is -0.570. The van der Waals surface area contributed by atoms with E-state index in [0.717, 1.165) is 0 Å². The summed E-state index contributed by atoms with van der Waals surface area (Å²) in [4.78, 5) is 10.2. The van der Waals surface area contributed by atoms with Crippen LogP contribution in [0.4, 0.5) is 0 Å². The lowest BCUT2D eigenvalue weighted by atomic mass is 10.1. The third-order valence-electron chi connectivity index (χ3n) is 1.79. The van der Waals surface area contributed by atoms with Crippen LogP contribution in [0.15, 0.2) is 0 Å². The van der Waals surface area contributed by atoms with Gasteiger partial charge in [-0.05, 0) is 13.3 Å². The highest BCUT2D eigenvalue weighted by Gasteiger charge is 2.54. The summed E-state index contributed by atoms with van der Waals surface area (Å²) in [6, 6.07) is -0.111. The number of rotatable bonds is 1. The Kier molecular flexibility index (Phi) is 0.854. The molecule has 2 atom stereocenters. The van der Waals surface area contributed by atoms with Gasteiger partial charge in [-0.3, -0.25) is 4.79 Å². The number of aliphatic carboxylic acids is 1. The fourth-order valence-electron chi connectivity index (χ4n) is 0.644. The zero-order valence-corrected chi connectivity index (χ0v) is 4.72. The minimum absolute atomic E-state index is 0.111. The Morgan fingerprint density at radius 3 is 2.38 bits per heavy atom. The molecule has 0 heterocycles. The van der Waals surface area contributed by atoms with E-state index in [0.29, 0.717) is 6.42 Å². The van der Waals surface area contributed by atoms with Gasteiger partial charge in [0.2, 0.25) is 0 Å². The topological polar surface area (TPSA) is 63.3 Å². The lowest BCUT2D eigenvalue weighted by molar-refractivity contribution is -0.142. The molecule has 0 aromatic heterocycles. The molecule has 0 aromatic carbocycles. The van der Waals surface area contributed by atoms with Gasteiger partial charge in [0.05, 0.1) is 5.41 Å². The molecule has 8 heavy (non-hydrogen) atoms. The lowest BCUT2D eigenvalue weighted by Gasteiger charge is -1.97. The van der Waals surface area contributed by atoms with E-state index in [1.54, 1.807) is 6.92 Å². The molecule has 0 aromatic rings. The molecule has 3 N–H and O–H groups in total. The minimum atomic E-state index is -0.773. The van der Waals surface area contributed by atoms with E-state index in [9.17, 15) is 4.79 Å². The first-order valence-corrected chi connectivity index (χ1v) is 2.56.